The molecule has 0 saturated heterocycles. The molecule has 0 aliphatic carbocycles. The summed E-state index contributed by atoms with van der Waals surface area (Å²) in [4.78, 5) is 19.5. The Hall–Kier alpha value is -3.28. The minimum absolute atomic E-state index is 0.0508. The number of ether oxygens (including phenoxy) is 3. The number of hydrogen-bond acceptors (Lipinski definition) is 7. The summed E-state index contributed by atoms with van der Waals surface area (Å²) in [6.45, 7) is 4.80. The zero-order chi connectivity index (χ0) is 24.0. The number of fused-ring (bicyclic) bond motifs is 1. The van der Waals surface area contributed by atoms with Crippen LogP contribution in [0.2, 0.25) is 0 Å². The average Bonchev–Trinajstić information content (AvgIpc) is 2.84. The Bertz CT molecular complexity index is 1050. The first-order valence-corrected chi connectivity index (χ1v) is 10.9. The van der Waals surface area contributed by atoms with E-state index in [4.69, 9.17) is 14.2 Å². The fourth-order valence-corrected chi connectivity index (χ4v) is 3.67. The summed E-state index contributed by atoms with van der Waals surface area (Å²) >= 11 is 0. The van der Waals surface area contributed by atoms with Crippen LogP contribution in [0, 0.1) is 17.8 Å². The third-order valence-electron chi connectivity index (χ3n) is 5.66. The van der Waals surface area contributed by atoms with Crippen molar-refractivity contribution in [1.29, 1.82) is 0 Å². The number of amides is 1. The van der Waals surface area contributed by atoms with E-state index in [1.54, 1.807) is 43.5 Å². The molecule has 1 aromatic carbocycles. The van der Waals surface area contributed by atoms with E-state index >= 15 is 0 Å². The number of nitrogens with one attached hydrogen (secondary N) is 1. The van der Waals surface area contributed by atoms with E-state index in [1.165, 1.54) is 0 Å². The lowest BCUT2D eigenvalue weighted by molar-refractivity contribution is 0.0404. The van der Waals surface area contributed by atoms with Crippen LogP contribution in [0.3, 0.4) is 0 Å². The van der Waals surface area contributed by atoms with Crippen molar-refractivity contribution in [2.45, 2.75) is 26.0 Å². The molecule has 8 heteroatoms. The first-order chi connectivity index (χ1) is 15.9. The van der Waals surface area contributed by atoms with Crippen molar-refractivity contribution in [3.05, 3.63) is 47.2 Å². The fourth-order valence-electron chi connectivity index (χ4n) is 3.67. The quantitative estimate of drug-likeness (QED) is 0.646. The number of nitrogens with zero attached hydrogens (tertiary/aromatic N) is 2. The summed E-state index contributed by atoms with van der Waals surface area (Å²) in [5, 5.41) is 12.9. The van der Waals surface area contributed by atoms with E-state index in [0.717, 1.165) is 5.56 Å². The zero-order valence-electron chi connectivity index (χ0n) is 19.7. The Morgan fingerprint density at radius 2 is 1.97 bits per heavy atom. The van der Waals surface area contributed by atoms with Gasteiger partial charge in [0.05, 0.1) is 26.9 Å². The molecular formula is C25H31N3O5. The van der Waals surface area contributed by atoms with Crippen LogP contribution in [0.15, 0.2) is 30.5 Å². The van der Waals surface area contributed by atoms with Gasteiger partial charge < -0.3 is 29.5 Å². The van der Waals surface area contributed by atoms with Gasteiger partial charge in [0.15, 0.2) is 11.5 Å². The van der Waals surface area contributed by atoms with Gasteiger partial charge in [0, 0.05) is 36.3 Å². The van der Waals surface area contributed by atoms with Gasteiger partial charge in [-0.05, 0) is 38.2 Å². The highest BCUT2D eigenvalue weighted by molar-refractivity contribution is 5.97. The number of likely N-dealkylation sites (N-methyl/N-ethyl adjacent to an activating group) is 1. The second-order valence-corrected chi connectivity index (χ2v) is 8.08. The molecule has 1 aliphatic heterocycles. The van der Waals surface area contributed by atoms with Crippen molar-refractivity contribution < 1.29 is 24.1 Å². The van der Waals surface area contributed by atoms with Crippen LogP contribution in [0.25, 0.3) is 0 Å². The molecular weight excluding hydrogens is 422 g/mol. The van der Waals surface area contributed by atoms with E-state index in [0.29, 0.717) is 35.7 Å². The second-order valence-electron chi connectivity index (χ2n) is 8.08. The van der Waals surface area contributed by atoms with Crippen LogP contribution in [0.1, 0.15) is 35.3 Å². The molecule has 1 amide bonds. The van der Waals surface area contributed by atoms with Gasteiger partial charge in [-0.25, -0.2) is 4.98 Å². The summed E-state index contributed by atoms with van der Waals surface area (Å²) in [6.07, 6.45) is 1.42. The third kappa shape index (κ3) is 5.56. The number of pyridine rings is 1. The van der Waals surface area contributed by atoms with E-state index in [2.05, 4.69) is 22.1 Å². The number of carbonyl (C=O) groups excluding carboxylic acids is 1. The predicted molar refractivity (Wildman–Crippen MR) is 125 cm³/mol. The Kier molecular flexibility index (Phi) is 8.15. The highest BCUT2D eigenvalue weighted by Gasteiger charge is 2.33. The van der Waals surface area contributed by atoms with Gasteiger partial charge in [-0.15, -0.1) is 0 Å². The average molecular weight is 454 g/mol. The number of carbonyl (C=O) groups is 1. The molecule has 2 heterocycles. The molecule has 3 atom stereocenters. The van der Waals surface area contributed by atoms with Gasteiger partial charge >= 0.3 is 0 Å². The normalized spacial score (nSPS) is 18.7. The second kappa shape index (κ2) is 11.0. The molecule has 0 unspecified atom stereocenters. The molecule has 2 N–H and O–H groups in total. The maximum absolute atomic E-state index is 13.4. The van der Waals surface area contributed by atoms with Crippen LogP contribution < -0.4 is 19.5 Å². The highest BCUT2D eigenvalue weighted by Crippen LogP contribution is 2.28. The third-order valence-corrected chi connectivity index (χ3v) is 5.66. The van der Waals surface area contributed by atoms with Gasteiger partial charge in [-0.1, -0.05) is 18.8 Å². The maximum atomic E-state index is 13.4. The monoisotopic (exact) mass is 453 g/mol. The Labute approximate surface area is 194 Å². The smallest absolute Gasteiger partial charge is 0.259 e. The summed E-state index contributed by atoms with van der Waals surface area (Å²) < 4.78 is 16.7. The molecule has 0 bridgehead atoms. The van der Waals surface area contributed by atoms with Crippen molar-refractivity contribution in [3.63, 3.8) is 0 Å². The van der Waals surface area contributed by atoms with Crippen LogP contribution in [-0.4, -0.2) is 74.0 Å². The Balaban J connectivity index is 1.99. The minimum Gasteiger partial charge on any atom is -0.493 e. The van der Waals surface area contributed by atoms with Gasteiger partial charge in [0.1, 0.15) is 11.7 Å². The fraction of sp³-hybridized carbons (Fsp3) is 0.440. The van der Waals surface area contributed by atoms with Crippen molar-refractivity contribution in [2.24, 2.45) is 5.92 Å². The molecule has 0 radical (unpaired) electrons. The van der Waals surface area contributed by atoms with E-state index in [-0.39, 0.29) is 36.5 Å². The van der Waals surface area contributed by atoms with E-state index in [9.17, 15) is 9.90 Å². The molecule has 2 aromatic rings. The molecule has 3 rings (SSSR count). The summed E-state index contributed by atoms with van der Waals surface area (Å²) in [7, 11) is 5.00. The van der Waals surface area contributed by atoms with Crippen LogP contribution in [0.4, 0.5) is 0 Å². The van der Waals surface area contributed by atoms with Gasteiger partial charge in [-0.3, -0.25) is 4.79 Å². The SMILES string of the molecule is CNC[C@@H]1Oc2ncc(C#Cc3ccc(OC)c(OC)c3)cc2C(=O)N([C@H](C)CO)C[C@@H]1C. The Morgan fingerprint density at radius 1 is 1.24 bits per heavy atom. The number of benzene rings is 1. The van der Waals surface area contributed by atoms with Crippen LogP contribution >= 0.6 is 0 Å². The van der Waals surface area contributed by atoms with Gasteiger partial charge in [0.2, 0.25) is 5.88 Å². The molecule has 0 fully saturated rings. The lowest BCUT2D eigenvalue weighted by Crippen LogP contribution is -2.49. The van der Waals surface area contributed by atoms with Crippen molar-refractivity contribution in [1.82, 2.24) is 15.2 Å². The molecule has 1 aliphatic rings. The first kappa shape index (κ1) is 24.4. The number of aliphatic hydroxyl groups is 1. The largest absolute Gasteiger partial charge is 0.493 e. The summed E-state index contributed by atoms with van der Waals surface area (Å²) in [5.41, 5.74) is 1.65. The molecule has 176 valence electrons. The molecule has 0 spiro atoms. The lowest BCUT2D eigenvalue weighted by Gasteiger charge is -2.36. The molecule has 1 aromatic heterocycles. The Morgan fingerprint density at radius 3 is 2.64 bits per heavy atom. The van der Waals surface area contributed by atoms with Crippen molar-refractivity contribution in [2.75, 3.05) is 41.0 Å². The minimum atomic E-state index is -0.331. The van der Waals surface area contributed by atoms with Gasteiger partial charge in [0.25, 0.3) is 5.91 Å². The van der Waals surface area contributed by atoms with Crippen LogP contribution in [-0.2, 0) is 0 Å². The number of aliphatic hydroxyl groups excluding tert-OH is 1. The van der Waals surface area contributed by atoms with E-state index < -0.39 is 0 Å². The summed E-state index contributed by atoms with van der Waals surface area (Å²) in [5.74, 6) is 7.44. The number of rotatable bonds is 6. The van der Waals surface area contributed by atoms with Crippen molar-refractivity contribution >= 4 is 5.91 Å². The number of hydrogen-bond donors (Lipinski definition) is 2. The lowest BCUT2D eigenvalue weighted by atomic mass is 10.0. The first-order valence-electron chi connectivity index (χ1n) is 10.9. The number of methoxy groups -OCH3 is 2. The molecule has 33 heavy (non-hydrogen) atoms. The topological polar surface area (TPSA) is 93.2 Å². The summed E-state index contributed by atoms with van der Waals surface area (Å²) in [6, 6.07) is 6.77. The maximum Gasteiger partial charge on any atom is 0.259 e. The highest BCUT2D eigenvalue weighted by atomic mass is 16.5. The zero-order valence-corrected chi connectivity index (χ0v) is 19.7. The predicted octanol–water partition coefficient (Wildman–Crippen LogP) is 1.94. The molecule has 8 nitrogen and oxygen atoms in total. The van der Waals surface area contributed by atoms with Crippen LogP contribution in [0.5, 0.6) is 17.4 Å². The van der Waals surface area contributed by atoms with Crippen molar-refractivity contribution in [3.8, 4) is 29.2 Å². The number of aromatic nitrogens is 1. The van der Waals surface area contributed by atoms with E-state index in [1.807, 2.05) is 27.0 Å². The van der Waals surface area contributed by atoms with Gasteiger partial charge in [-0.2, -0.15) is 0 Å². The molecule has 0 saturated carbocycles. The standard InChI is InChI=1S/C25H31N3O5/c1-16-14-28(17(2)15-29)25(30)20-10-19(12-27-24(20)33-23(16)13-26-3)7-6-18-8-9-21(31-4)22(11-18)32-5/h8-12,16-17,23,26,29H,13-15H2,1-5H3/t16-,17+,23-/m0/s1.